The van der Waals surface area contributed by atoms with Crippen molar-refractivity contribution in [3.05, 3.63) is 83.6 Å². The number of carbonyl (C=O) groups excluding carboxylic acids is 1. The molecule has 138 valence electrons. The lowest BCUT2D eigenvalue weighted by Crippen LogP contribution is -2.39. The van der Waals surface area contributed by atoms with Gasteiger partial charge in [0.25, 0.3) is 5.91 Å². The first-order valence-electron chi connectivity index (χ1n) is 9.12. The maximum atomic E-state index is 13.9. The largest absolute Gasteiger partial charge is 0.443 e. The van der Waals surface area contributed by atoms with Gasteiger partial charge in [0.1, 0.15) is 23.3 Å². The van der Waals surface area contributed by atoms with Crippen molar-refractivity contribution < 1.29 is 13.6 Å². The van der Waals surface area contributed by atoms with E-state index < -0.39 is 0 Å². The van der Waals surface area contributed by atoms with Gasteiger partial charge in [-0.05, 0) is 43.0 Å². The number of hydrogen-bond acceptors (Lipinski definition) is 4. The number of oxazole rings is 1. The van der Waals surface area contributed by atoms with Crippen LogP contribution in [0.2, 0.25) is 0 Å². The molecule has 2 aromatic heterocycles. The van der Waals surface area contributed by atoms with Crippen LogP contribution < -0.4 is 0 Å². The molecular formula is C21H20FN3O2. The summed E-state index contributed by atoms with van der Waals surface area (Å²) in [6, 6.07) is 11.7. The lowest BCUT2D eigenvalue weighted by Gasteiger charge is -2.33. The number of carbonyl (C=O) groups is 1. The summed E-state index contributed by atoms with van der Waals surface area (Å²) >= 11 is 0. The molecule has 6 heteroatoms. The van der Waals surface area contributed by atoms with E-state index >= 15 is 0 Å². The van der Waals surface area contributed by atoms with Crippen LogP contribution in [0.5, 0.6) is 0 Å². The van der Waals surface area contributed by atoms with Crippen LogP contribution in [0.15, 0.2) is 59.3 Å². The first-order chi connectivity index (χ1) is 13.2. The van der Waals surface area contributed by atoms with Crippen LogP contribution in [0.1, 0.15) is 53.0 Å². The van der Waals surface area contributed by atoms with Crippen molar-refractivity contribution in [3.8, 4) is 0 Å². The van der Waals surface area contributed by atoms with E-state index in [1.165, 1.54) is 6.07 Å². The Morgan fingerprint density at radius 2 is 2.00 bits per heavy atom. The summed E-state index contributed by atoms with van der Waals surface area (Å²) in [5.41, 5.74) is 0.979. The smallest absolute Gasteiger partial charge is 0.273 e. The Bertz CT molecular complexity index is 926. The van der Waals surface area contributed by atoms with Crippen LogP contribution in [0, 0.1) is 5.82 Å². The monoisotopic (exact) mass is 365 g/mol. The molecule has 0 spiro atoms. The lowest BCUT2D eigenvalue weighted by atomic mass is 10.0. The predicted octanol–water partition coefficient (Wildman–Crippen LogP) is 4.17. The van der Waals surface area contributed by atoms with Gasteiger partial charge in [0.05, 0.1) is 6.20 Å². The molecule has 0 unspecified atom stereocenters. The van der Waals surface area contributed by atoms with Crippen LogP contribution >= 0.6 is 0 Å². The average Bonchev–Trinajstić information content (AvgIpc) is 3.18. The van der Waals surface area contributed by atoms with Gasteiger partial charge in [-0.25, -0.2) is 9.37 Å². The van der Waals surface area contributed by atoms with Crippen molar-refractivity contribution in [1.29, 1.82) is 0 Å². The Labute approximate surface area is 156 Å². The van der Waals surface area contributed by atoms with Crippen molar-refractivity contribution in [3.63, 3.8) is 0 Å². The highest BCUT2D eigenvalue weighted by Gasteiger charge is 2.32. The van der Waals surface area contributed by atoms with E-state index in [0.717, 1.165) is 19.3 Å². The fraction of sp³-hybridized carbons (Fsp3) is 0.286. The minimum atomic E-state index is -0.264. The van der Waals surface area contributed by atoms with Gasteiger partial charge in [0, 0.05) is 19.2 Å². The molecule has 1 amide bonds. The number of likely N-dealkylation sites (tertiary alicyclic amines) is 1. The number of rotatable bonds is 4. The molecule has 5 nitrogen and oxygen atoms in total. The molecule has 0 bridgehead atoms. The first kappa shape index (κ1) is 17.4. The number of aromatic nitrogens is 2. The van der Waals surface area contributed by atoms with Gasteiger partial charge < -0.3 is 9.32 Å². The molecule has 1 fully saturated rings. The second-order valence-corrected chi connectivity index (χ2v) is 6.66. The summed E-state index contributed by atoms with van der Waals surface area (Å²) < 4.78 is 19.8. The molecular weight excluding hydrogens is 345 g/mol. The van der Waals surface area contributed by atoms with E-state index in [9.17, 15) is 9.18 Å². The second kappa shape index (κ2) is 7.70. The molecule has 1 aromatic carbocycles. The van der Waals surface area contributed by atoms with Gasteiger partial charge in [-0.1, -0.05) is 24.3 Å². The molecule has 4 rings (SSSR count). The van der Waals surface area contributed by atoms with Gasteiger partial charge in [-0.15, -0.1) is 0 Å². The fourth-order valence-corrected chi connectivity index (χ4v) is 3.46. The Balaban J connectivity index is 1.55. The number of piperidine rings is 1. The Kier molecular flexibility index (Phi) is 4.96. The zero-order valence-electron chi connectivity index (χ0n) is 14.8. The molecule has 1 aliphatic heterocycles. The molecule has 0 saturated carbocycles. The Morgan fingerprint density at radius 1 is 1.15 bits per heavy atom. The quantitative estimate of drug-likeness (QED) is 0.696. The molecule has 1 atom stereocenters. The lowest BCUT2D eigenvalue weighted by molar-refractivity contribution is 0.0564. The van der Waals surface area contributed by atoms with Gasteiger partial charge in [0.2, 0.25) is 5.89 Å². The Morgan fingerprint density at radius 3 is 2.81 bits per heavy atom. The van der Waals surface area contributed by atoms with Gasteiger partial charge in [0.15, 0.2) is 0 Å². The van der Waals surface area contributed by atoms with Crippen LogP contribution in [0.3, 0.4) is 0 Å². The highest BCUT2D eigenvalue weighted by Crippen LogP contribution is 2.32. The third-order valence-electron chi connectivity index (χ3n) is 4.83. The summed E-state index contributed by atoms with van der Waals surface area (Å²) in [6.45, 7) is 0.644. The van der Waals surface area contributed by atoms with Crippen LogP contribution in [0.4, 0.5) is 4.39 Å². The van der Waals surface area contributed by atoms with E-state index in [1.807, 2.05) is 0 Å². The van der Waals surface area contributed by atoms with Crippen LogP contribution in [0.25, 0.3) is 0 Å². The molecule has 0 radical (unpaired) electrons. The van der Waals surface area contributed by atoms with E-state index in [2.05, 4.69) is 9.97 Å². The minimum absolute atomic E-state index is 0.117. The standard InChI is InChI=1S/C21H20FN3O2/c22-17-8-2-1-7-15(17)13-16-14-24-20(27-16)19-10-4-6-12-25(19)21(26)18-9-3-5-11-23-18/h1-3,5,7-9,11,14,19H,4,6,10,12-13H2/t19-/m1/s1. The number of halogens is 1. The van der Waals surface area contributed by atoms with Gasteiger partial charge in [-0.2, -0.15) is 0 Å². The van der Waals surface area contributed by atoms with Crippen LogP contribution in [-0.2, 0) is 6.42 Å². The number of benzene rings is 1. The summed E-state index contributed by atoms with van der Waals surface area (Å²) in [6.07, 6.45) is 6.31. The average molecular weight is 365 g/mol. The zero-order chi connectivity index (χ0) is 18.6. The normalized spacial score (nSPS) is 17.1. The summed E-state index contributed by atoms with van der Waals surface area (Å²) in [5, 5.41) is 0. The SMILES string of the molecule is O=C(c1ccccn1)N1CCCC[C@@H]1c1ncc(Cc2ccccc2F)o1. The van der Waals surface area contributed by atoms with Crippen LogP contribution in [-0.4, -0.2) is 27.3 Å². The van der Waals surface area contributed by atoms with Gasteiger partial charge in [-0.3, -0.25) is 9.78 Å². The molecule has 1 aliphatic rings. The van der Waals surface area contributed by atoms with E-state index in [0.29, 0.717) is 35.9 Å². The molecule has 0 aliphatic carbocycles. The van der Waals surface area contributed by atoms with Crippen molar-refractivity contribution in [2.24, 2.45) is 0 Å². The maximum absolute atomic E-state index is 13.9. The third kappa shape index (κ3) is 3.74. The van der Waals surface area contributed by atoms with Crippen molar-refractivity contribution in [2.45, 2.75) is 31.7 Å². The third-order valence-corrected chi connectivity index (χ3v) is 4.83. The van der Waals surface area contributed by atoms with E-state index in [4.69, 9.17) is 4.42 Å². The number of hydrogen-bond donors (Lipinski definition) is 0. The maximum Gasteiger partial charge on any atom is 0.273 e. The van der Waals surface area contributed by atoms with E-state index in [-0.39, 0.29) is 17.8 Å². The summed E-state index contributed by atoms with van der Waals surface area (Å²) in [7, 11) is 0. The number of pyridine rings is 1. The van der Waals surface area contributed by atoms with E-state index in [1.54, 1.807) is 53.7 Å². The minimum Gasteiger partial charge on any atom is -0.443 e. The highest BCUT2D eigenvalue weighted by molar-refractivity contribution is 5.92. The van der Waals surface area contributed by atoms with Gasteiger partial charge >= 0.3 is 0 Å². The molecule has 3 heterocycles. The zero-order valence-corrected chi connectivity index (χ0v) is 14.8. The van der Waals surface area contributed by atoms with Crippen molar-refractivity contribution in [1.82, 2.24) is 14.9 Å². The second-order valence-electron chi connectivity index (χ2n) is 6.66. The molecule has 3 aromatic rings. The van der Waals surface area contributed by atoms with Crippen molar-refractivity contribution in [2.75, 3.05) is 6.54 Å². The number of nitrogens with zero attached hydrogens (tertiary/aromatic N) is 3. The topological polar surface area (TPSA) is 59.2 Å². The molecule has 27 heavy (non-hydrogen) atoms. The highest BCUT2D eigenvalue weighted by atomic mass is 19.1. The predicted molar refractivity (Wildman–Crippen MR) is 97.6 cm³/mol. The molecule has 1 saturated heterocycles. The first-order valence-corrected chi connectivity index (χ1v) is 9.12. The Hall–Kier alpha value is -3.02. The van der Waals surface area contributed by atoms with Crippen molar-refractivity contribution >= 4 is 5.91 Å². The molecule has 0 N–H and O–H groups in total. The summed E-state index contributed by atoms with van der Waals surface area (Å²) in [4.78, 5) is 23.2. The summed E-state index contributed by atoms with van der Waals surface area (Å²) in [5.74, 6) is 0.713. The number of amides is 1. The fourth-order valence-electron chi connectivity index (χ4n) is 3.46.